The zero-order valence-corrected chi connectivity index (χ0v) is 18.7. The topological polar surface area (TPSA) is 76.0 Å². The Kier molecular flexibility index (Phi) is 6.21. The van der Waals surface area contributed by atoms with Crippen LogP contribution in [0.4, 0.5) is 0 Å². The van der Waals surface area contributed by atoms with Gasteiger partial charge >= 0.3 is 0 Å². The lowest BCUT2D eigenvalue weighted by Gasteiger charge is -2.52. The average molecular weight is 445 g/mol. The van der Waals surface area contributed by atoms with E-state index in [4.69, 9.17) is 21.1 Å². The van der Waals surface area contributed by atoms with Crippen LogP contribution in [0.15, 0.2) is 29.7 Å². The van der Waals surface area contributed by atoms with Crippen molar-refractivity contribution in [2.24, 2.45) is 0 Å². The minimum atomic E-state index is -1.96. The Morgan fingerprint density at radius 3 is 2.29 bits per heavy atom. The zero-order chi connectivity index (χ0) is 20.7. The third kappa shape index (κ3) is 3.40. The highest BCUT2D eigenvalue weighted by Gasteiger charge is 2.70. The van der Waals surface area contributed by atoms with E-state index in [1.54, 1.807) is 12.1 Å². The summed E-state index contributed by atoms with van der Waals surface area (Å²) in [5.41, 5.74) is -1.54. The van der Waals surface area contributed by atoms with Gasteiger partial charge in [0.1, 0.15) is 9.83 Å². The summed E-state index contributed by atoms with van der Waals surface area (Å²) in [7, 11) is 0. The molecule has 0 spiro atoms. The minimum absolute atomic E-state index is 0.0188. The average Bonchev–Trinajstić information content (AvgIpc) is 2.66. The second kappa shape index (κ2) is 8.01. The molecule has 1 aliphatic heterocycles. The second-order valence-corrected chi connectivity index (χ2v) is 10.7. The van der Waals surface area contributed by atoms with Crippen molar-refractivity contribution in [3.05, 3.63) is 40.3 Å². The van der Waals surface area contributed by atoms with Gasteiger partial charge in [0.05, 0.1) is 12.2 Å². The summed E-state index contributed by atoms with van der Waals surface area (Å²) < 4.78 is 10.4. The molecule has 1 aromatic rings. The van der Waals surface area contributed by atoms with Crippen LogP contribution in [0, 0.1) is 0 Å². The summed E-state index contributed by atoms with van der Waals surface area (Å²) in [6, 6.07) is 4.68. The lowest BCUT2D eigenvalue weighted by molar-refractivity contribution is -0.152. The molecule has 0 amide bonds. The number of hydrogen-bond acceptors (Lipinski definition) is 7. The fourth-order valence-corrected chi connectivity index (χ4v) is 7.12. The van der Waals surface area contributed by atoms with Crippen LogP contribution in [0.5, 0.6) is 5.75 Å². The van der Waals surface area contributed by atoms with E-state index >= 15 is 0 Å². The van der Waals surface area contributed by atoms with Crippen molar-refractivity contribution in [3.63, 3.8) is 0 Å². The van der Waals surface area contributed by atoms with Gasteiger partial charge in [0.25, 0.3) is 0 Å². The Bertz CT molecular complexity index is 802. The predicted octanol–water partition coefficient (Wildman–Crippen LogP) is 4.44. The molecule has 28 heavy (non-hydrogen) atoms. The molecular formula is C20H25ClO5S2. The summed E-state index contributed by atoms with van der Waals surface area (Å²) in [4.78, 5) is 13.2. The molecule has 1 heterocycles. The number of ether oxygens (including phenoxy) is 2. The molecule has 2 aliphatic rings. The van der Waals surface area contributed by atoms with Crippen molar-refractivity contribution >= 4 is 40.9 Å². The number of carbonyl (C=O) groups is 1. The standard InChI is InChI=1S/C20H25ClO5S2/c1-11(2)25-16-17(23)19(24,18(16)26-12(3)4)20(27-8-5-9-28-20)14-10-13(21)6-7-15(14)22/h6-7,10-12,22,24H,5,8-9H2,1-4H3. The summed E-state index contributed by atoms with van der Waals surface area (Å²) in [5, 5.41) is 22.8. The van der Waals surface area contributed by atoms with E-state index in [0.29, 0.717) is 10.6 Å². The van der Waals surface area contributed by atoms with E-state index in [1.165, 1.54) is 29.6 Å². The Hall–Kier alpha value is -1.02. The lowest BCUT2D eigenvalue weighted by Crippen LogP contribution is -2.64. The number of thioether (sulfide) groups is 2. The molecule has 0 bridgehead atoms. The van der Waals surface area contributed by atoms with Gasteiger partial charge in [-0.1, -0.05) is 11.6 Å². The molecule has 0 radical (unpaired) electrons. The first kappa shape index (κ1) is 21.7. The minimum Gasteiger partial charge on any atom is -0.508 e. The lowest BCUT2D eigenvalue weighted by atomic mass is 9.76. The van der Waals surface area contributed by atoms with Crippen LogP contribution in [0.25, 0.3) is 0 Å². The maximum absolute atomic E-state index is 13.2. The number of halogens is 1. The first-order valence-electron chi connectivity index (χ1n) is 9.25. The molecule has 5 nitrogen and oxygen atoms in total. The number of carbonyl (C=O) groups excluding carboxylic acids is 1. The number of hydrogen-bond donors (Lipinski definition) is 2. The van der Waals surface area contributed by atoms with E-state index in [1.807, 2.05) is 27.7 Å². The van der Waals surface area contributed by atoms with Crippen molar-refractivity contribution in [2.45, 2.75) is 56.0 Å². The molecule has 1 fully saturated rings. The van der Waals surface area contributed by atoms with Gasteiger partial charge in [-0.25, -0.2) is 0 Å². The molecule has 3 rings (SSSR count). The normalized spacial score (nSPS) is 24.5. The van der Waals surface area contributed by atoms with Gasteiger partial charge in [0, 0.05) is 10.6 Å². The van der Waals surface area contributed by atoms with Gasteiger partial charge in [0.2, 0.25) is 17.1 Å². The smallest absolute Gasteiger partial charge is 0.243 e. The molecule has 0 aromatic heterocycles. The Balaban J connectivity index is 2.20. The summed E-state index contributed by atoms with van der Waals surface area (Å²) >= 11 is 9.06. The van der Waals surface area contributed by atoms with Crippen molar-refractivity contribution in [3.8, 4) is 5.75 Å². The number of benzene rings is 1. The first-order valence-corrected chi connectivity index (χ1v) is 11.6. The van der Waals surface area contributed by atoms with E-state index in [-0.39, 0.29) is 29.5 Å². The SMILES string of the molecule is CC(C)OC1=C(OC(C)C)C(O)(C2(c3cc(Cl)ccc3O)SCCCS2)C1=O. The van der Waals surface area contributed by atoms with Crippen LogP contribution in [-0.4, -0.2) is 45.3 Å². The van der Waals surface area contributed by atoms with Crippen molar-refractivity contribution in [2.75, 3.05) is 11.5 Å². The molecular weight excluding hydrogens is 420 g/mol. The second-order valence-electron chi connectivity index (χ2n) is 7.36. The van der Waals surface area contributed by atoms with Crippen LogP contribution < -0.4 is 0 Å². The monoisotopic (exact) mass is 444 g/mol. The maximum Gasteiger partial charge on any atom is 0.243 e. The number of aliphatic hydroxyl groups is 1. The van der Waals surface area contributed by atoms with Gasteiger partial charge in [-0.3, -0.25) is 4.79 Å². The molecule has 1 unspecified atom stereocenters. The highest BCUT2D eigenvalue weighted by Crippen LogP contribution is 2.64. The largest absolute Gasteiger partial charge is 0.508 e. The summed E-state index contributed by atoms with van der Waals surface area (Å²) in [5.74, 6) is 1.09. The molecule has 1 aromatic carbocycles. The molecule has 8 heteroatoms. The van der Waals surface area contributed by atoms with Crippen LogP contribution in [-0.2, 0) is 18.3 Å². The Morgan fingerprint density at radius 2 is 1.71 bits per heavy atom. The third-order valence-electron chi connectivity index (χ3n) is 4.47. The van der Waals surface area contributed by atoms with Gasteiger partial charge in [-0.05, 0) is 63.8 Å². The van der Waals surface area contributed by atoms with Crippen LogP contribution in [0.3, 0.4) is 0 Å². The molecule has 1 saturated heterocycles. The molecule has 1 aliphatic carbocycles. The number of Topliss-reactive ketones (excluding diaryl/α,β-unsaturated/α-hetero) is 1. The van der Waals surface area contributed by atoms with E-state index < -0.39 is 15.5 Å². The molecule has 0 saturated carbocycles. The van der Waals surface area contributed by atoms with Gasteiger partial charge < -0.3 is 19.7 Å². The van der Waals surface area contributed by atoms with Gasteiger partial charge in [-0.2, -0.15) is 0 Å². The van der Waals surface area contributed by atoms with E-state index in [0.717, 1.165) is 17.9 Å². The highest BCUT2D eigenvalue weighted by molar-refractivity contribution is 8.18. The van der Waals surface area contributed by atoms with Crippen LogP contribution in [0.1, 0.15) is 39.7 Å². The van der Waals surface area contributed by atoms with Crippen molar-refractivity contribution in [1.82, 2.24) is 0 Å². The Morgan fingerprint density at radius 1 is 1.11 bits per heavy atom. The van der Waals surface area contributed by atoms with Gasteiger partial charge in [0.15, 0.2) is 5.76 Å². The molecule has 1 atom stereocenters. The van der Waals surface area contributed by atoms with Gasteiger partial charge in [-0.15, -0.1) is 23.5 Å². The van der Waals surface area contributed by atoms with E-state index in [2.05, 4.69) is 0 Å². The zero-order valence-electron chi connectivity index (χ0n) is 16.3. The number of rotatable bonds is 6. The van der Waals surface area contributed by atoms with Crippen LogP contribution >= 0.6 is 35.1 Å². The number of phenolic OH excluding ortho intramolecular Hbond substituents is 1. The molecule has 2 N–H and O–H groups in total. The molecule has 154 valence electrons. The number of ketones is 1. The van der Waals surface area contributed by atoms with E-state index in [9.17, 15) is 15.0 Å². The quantitative estimate of drug-likeness (QED) is 0.671. The number of aromatic hydroxyl groups is 1. The first-order chi connectivity index (χ1) is 13.1. The van der Waals surface area contributed by atoms with Crippen molar-refractivity contribution < 1.29 is 24.5 Å². The highest BCUT2D eigenvalue weighted by atomic mass is 35.5. The summed E-state index contributed by atoms with van der Waals surface area (Å²) in [6.45, 7) is 7.28. The van der Waals surface area contributed by atoms with Crippen LogP contribution in [0.2, 0.25) is 5.02 Å². The fourth-order valence-electron chi connectivity index (χ4n) is 3.35. The number of phenols is 1. The third-order valence-corrected chi connectivity index (χ3v) is 8.24. The maximum atomic E-state index is 13.2. The summed E-state index contributed by atoms with van der Waals surface area (Å²) in [6.07, 6.45) is 0.433. The predicted molar refractivity (Wildman–Crippen MR) is 114 cm³/mol. The fraction of sp³-hybridized carbons (Fsp3) is 0.550. The van der Waals surface area contributed by atoms with Crippen molar-refractivity contribution in [1.29, 1.82) is 0 Å². The Labute approximate surface area is 178 Å².